The van der Waals surface area contributed by atoms with Gasteiger partial charge < -0.3 is 20.3 Å². The number of morpholine rings is 1. The number of ether oxygens (including phenoxy) is 1. The van der Waals surface area contributed by atoms with Crippen molar-refractivity contribution >= 4 is 33.2 Å². The lowest BCUT2D eigenvalue weighted by atomic mass is 10.2. The highest BCUT2D eigenvalue weighted by Crippen LogP contribution is 2.24. The van der Waals surface area contributed by atoms with Crippen molar-refractivity contribution in [3.8, 4) is 11.4 Å². The molecule has 33 heavy (non-hydrogen) atoms. The minimum Gasteiger partial charge on any atom is -0.378 e. The van der Waals surface area contributed by atoms with E-state index < -0.39 is 16.1 Å². The van der Waals surface area contributed by atoms with E-state index in [2.05, 4.69) is 20.5 Å². The third-order valence-corrected chi connectivity index (χ3v) is 6.03. The number of nitrogens with one attached hydrogen (secondary N) is 2. The number of aryl methyl sites for hydroxylation is 1. The van der Waals surface area contributed by atoms with Crippen LogP contribution in [0.4, 0.5) is 22.0 Å². The van der Waals surface area contributed by atoms with E-state index in [0.717, 1.165) is 30.0 Å². The summed E-state index contributed by atoms with van der Waals surface area (Å²) < 4.78 is 28.1. The molecule has 0 spiro atoms. The van der Waals surface area contributed by atoms with Crippen molar-refractivity contribution in [1.29, 1.82) is 0 Å². The number of carbonyl (C=O) groups is 1. The molecule has 0 radical (unpaired) electrons. The van der Waals surface area contributed by atoms with Crippen molar-refractivity contribution in [2.75, 3.05) is 41.8 Å². The Morgan fingerprint density at radius 3 is 2.15 bits per heavy atom. The Hall–Kier alpha value is -3.54. The highest BCUT2D eigenvalue weighted by atomic mass is 32.2. The number of anilines is 3. The molecule has 2 aromatic carbocycles. The smallest absolute Gasteiger partial charge is 0.323 e. The fourth-order valence-electron chi connectivity index (χ4n) is 3.39. The van der Waals surface area contributed by atoms with Crippen LogP contribution >= 0.6 is 0 Å². The molecule has 11 heteroatoms. The van der Waals surface area contributed by atoms with Crippen molar-refractivity contribution < 1.29 is 17.9 Å². The Kier molecular flexibility index (Phi) is 6.54. The van der Waals surface area contributed by atoms with Crippen LogP contribution in [0, 0.1) is 6.92 Å². The monoisotopic (exact) mass is 468 g/mol. The summed E-state index contributed by atoms with van der Waals surface area (Å²) in [6.45, 7) is 4.93. The molecule has 1 saturated heterocycles. The lowest BCUT2D eigenvalue weighted by Crippen LogP contribution is -2.37. The molecule has 0 bridgehead atoms. The first-order chi connectivity index (χ1) is 15.8. The summed E-state index contributed by atoms with van der Waals surface area (Å²) in [5, 5.41) is 10.4. The molecule has 1 aromatic heterocycles. The number of hydrogen-bond acceptors (Lipinski definition) is 7. The number of rotatable bonds is 5. The van der Waals surface area contributed by atoms with Gasteiger partial charge >= 0.3 is 6.03 Å². The first kappa shape index (κ1) is 22.6. The molecule has 1 aliphatic rings. The Morgan fingerprint density at radius 1 is 1.00 bits per heavy atom. The van der Waals surface area contributed by atoms with Crippen molar-refractivity contribution in [2.24, 2.45) is 5.14 Å². The van der Waals surface area contributed by atoms with Gasteiger partial charge in [-0.25, -0.2) is 28.3 Å². The maximum absolute atomic E-state index is 12.3. The summed E-state index contributed by atoms with van der Waals surface area (Å²) in [5.74, 6) is 1.51. The van der Waals surface area contributed by atoms with E-state index in [-0.39, 0.29) is 4.90 Å². The highest BCUT2D eigenvalue weighted by Gasteiger charge is 2.16. The number of sulfonamides is 1. The Bertz CT molecular complexity index is 1240. The third-order valence-electron chi connectivity index (χ3n) is 5.10. The molecule has 0 atom stereocenters. The Labute approximate surface area is 191 Å². The number of nitrogens with two attached hydrogens (primary N) is 1. The second kappa shape index (κ2) is 9.53. The van der Waals surface area contributed by atoms with E-state index in [1.165, 1.54) is 24.3 Å². The van der Waals surface area contributed by atoms with Gasteiger partial charge in [-0.05, 0) is 55.5 Å². The Balaban J connectivity index is 1.41. The van der Waals surface area contributed by atoms with Crippen molar-refractivity contribution in [2.45, 2.75) is 11.8 Å². The van der Waals surface area contributed by atoms with Gasteiger partial charge in [0.15, 0.2) is 5.82 Å². The predicted molar refractivity (Wildman–Crippen MR) is 126 cm³/mol. The maximum Gasteiger partial charge on any atom is 0.323 e. The fourth-order valence-corrected chi connectivity index (χ4v) is 3.91. The molecule has 3 aromatic rings. The SMILES string of the molecule is Cc1cnc(-c2ccc(NC(=O)Nc3ccc(S(N)(=O)=O)cc3)cc2)nc1N1CCOCC1. The zero-order chi connectivity index (χ0) is 23.4. The van der Waals surface area contributed by atoms with Gasteiger partial charge in [0.05, 0.1) is 18.1 Å². The van der Waals surface area contributed by atoms with Gasteiger partial charge in [0, 0.05) is 41.8 Å². The molecule has 0 unspecified atom stereocenters. The zero-order valence-corrected chi connectivity index (χ0v) is 18.8. The molecule has 0 saturated carbocycles. The van der Waals surface area contributed by atoms with Gasteiger partial charge in [0.25, 0.3) is 0 Å². The summed E-state index contributed by atoms with van der Waals surface area (Å²) in [6.07, 6.45) is 1.81. The largest absolute Gasteiger partial charge is 0.378 e. The van der Waals surface area contributed by atoms with Gasteiger partial charge in [-0.1, -0.05) is 0 Å². The van der Waals surface area contributed by atoms with E-state index in [1.54, 1.807) is 12.1 Å². The number of benzene rings is 2. The number of aromatic nitrogens is 2. The van der Waals surface area contributed by atoms with Crippen LogP contribution in [-0.2, 0) is 14.8 Å². The van der Waals surface area contributed by atoms with Crippen LogP contribution < -0.4 is 20.7 Å². The van der Waals surface area contributed by atoms with E-state index in [0.29, 0.717) is 30.4 Å². The summed E-state index contributed by atoms with van der Waals surface area (Å²) in [5.41, 5.74) is 2.85. The molecule has 2 amide bonds. The van der Waals surface area contributed by atoms with Crippen LogP contribution in [0.1, 0.15) is 5.56 Å². The van der Waals surface area contributed by atoms with Crippen LogP contribution in [0.2, 0.25) is 0 Å². The van der Waals surface area contributed by atoms with E-state index in [9.17, 15) is 13.2 Å². The van der Waals surface area contributed by atoms with E-state index in [4.69, 9.17) is 14.9 Å². The number of carbonyl (C=O) groups excluding carboxylic acids is 1. The van der Waals surface area contributed by atoms with Gasteiger partial charge in [-0.2, -0.15) is 0 Å². The molecule has 1 fully saturated rings. The number of hydrogen-bond donors (Lipinski definition) is 3. The van der Waals surface area contributed by atoms with Crippen LogP contribution in [-0.4, -0.2) is 50.7 Å². The molecular formula is C22H24N6O4S. The van der Waals surface area contributed by atoms with Crippen LogP contribution in [0.3, 0.4) is 0 Å². The molecule has 2 heterocycles. The van der Waals surface area contributed by atoms with Crippen molar-refractivity contribution in [3.63, 3.8) is 0 Å². The lowest BCUT2D eigenvalue weighted by molar-refractivity contribution is 0.122. The zero-order valence-electron chi connectivity index (χ0n) is 18.0. The number of urea groups is 1. The quantitative estimate of drug-likeness (QED) is 0.523. The molecule has 172 valence electrons. The van der Waals surface area contributed by atoms with Gasteiger partial charge in [-0.15, -0.1) is 0 Å². The average Bonchev–Trinajstić information content (AvgIpc) is 2.80. The summed E-state index contributed by atoms with van der Waals surface area (Å²) >= 11 is 0. The highest BCUT2D eigenvalue weighted by molar-refractivity contribution is 7.89. The summed E-state index contributed by atoms with van der Waals surface area (Å²) in [6, 6.07) is 12.3. The standard InChI is InChI=1S/C22H24N6O4S/c1-15-14-24-20(27-21(15)28-10-12-32-13-11-28)16-2-4-17(5-3-16)25-22(29)26-18-6-8-19(9-7-18)33(23,30)31/h2-9,14H,10-13H2,1H3,(H2,23,30,31)(H2,25,26,29). The van der Waals surface area contributed by atoms with Crippen LogP contribution in [0.15, 0.2) is 59.6 Å². The van der Waals surface area contributed by atoms with Gasteiger partial charge in [-0.3, -0.25) is 0 Å². The maximum atomic E-state index is 12.3. The first-order valence-electron chi connectivity index (χ1n) is 10.3. The van der Waals surface area contributed by atoms with E-state index >= 15 is 0 Å². The number of nitrogens with zero attached hydrogens (tertiary/aromatic N) is 3. The van der Waals surface area contributed by atoms with Gasteiger partial charge in [0.2, 0.25) is 10.0 Å². The van der Waals surface area contributed by atoms with Crippen LogP contribution in [0.25, 0.3) is 11.4 Å². The predicted octanol–water partition coefficient (Wildman–Crippen LogP) is 2.58. The van der Waals surface area contributed by atoms with Crippen molar-refractivity contribution in [1.82, 2.24) is 9.97 Å². The minimum absolute atomic E-state index is 0.0286. The lowest BCUT2D eigenvalue weighted by Gasteiger charge is -2.29. The molecule has 0 aliphatic carbocycles. The fraction of sp³-hybridized carbons (Fsp3) is 0.227. The molecule has 10 nitrogen and oxygen atoms in total. The molecule has 1 aliphatic heterocycles. The molecular weight excluding hydrogens is 444 g/mol. The normalized spacial score (nSPS) is 14.1. The van der Waals surface area contributed by atoms with Crippen LogP contribution in [0.5, 0.6) is 0 Å². The second-order valence-electron chi connectivity index (χ2n) is 7.53. The van der Waals surface area contributed by atoms with Gasteiger partial charge in [0.1, 0.15) is 5.82 Å². The number of amides is 2. The first-order valence-corrected chi connectivity index (χ1v) is 11.8. The topological polar surface area (TPSA) is 140 Å². The van der Waals surface area contributed by atoms with Crippen molar-refractivity contribution in [3.05, 3.63) is 60.3 Å². The Morgan fingerprint density at radius 2 is 1.58 bits per heavy atom. The molecule has 4 N–H and O–H groups in total. The number of primary sulfonamides is 1. The minimum atomic E-state index is -3.78. The van der Waals surface area contributed by atoms with E-state index in [1.807, 2.05) is 25.3 Å². The molecule has 4 rings (SSSR count). The average molecular weight is 469 g/mol. The summed E-state index contributed by atoms with van der Waals surface area (Å²) in [4.78, 5) is 23.6. The third kappa shape index (κ3) is 5.64. The second-order valence-corrected chi connectivity index (χ2v) is 9.09. The summed E-state index contributed by atoms with van der Waals surface area (Å²) in [7, 11) is -3.78.